The molecular weight excluding hydrogens is 208 g/mol. The molecule has 92 valence electrons. The molecule has 3 atom stereocenters. The SMILES string of the molecule is CCC1CN(C(=O)C(C)NC(C)=O)CC1O. The lowest BCUT2D eigenvalue weighted by molar-refractivity contribution is -0.135. The van der Waals surface area contributed by atoms with Crippen LogP contribution >= 0.6 is 0 Å². The van der Waals surface area contributed by atoms with Crippen molar-refractivity contribution in [2.45, 2.75) is 39.3 Å². The Hall–Kier alpha value is -1.10. The second-order valence-corrected chi connectivity index (χ2v) is 4.40. The van der Waals surface area contributed by atoms with Crippen LogP contribution in [-0.4, -0.2) is 47.1 Å². The Kier molecular flexibility index (Phi) is 4.29. The van der Waals surface area contributed by atoms with Gasteiger partial charge in [0.15, 0.2) is 0 Å². The minimum Gasteiger partial charge on any atom is -0.391 e. The van der Waals surface area contributed by atoms with Crippen LogP contribution in [0.25, 0.3) is 0 Å². The molecule has 0 aromatic carbocycles. The van der Waals surface area contributed by atoms with Gasteiger partial charge in [-0.15, -0.1) is 0 Å². The molecule has 0 aliphatic carbocycles. The molecular formula is C11H20N2O3. The number of nitrogens with zero attached hydrogens (tertiary/aromatic N) is 1. The Bertz CT molecular complexity index is 280. The van der Waals surface area contributed by atoms with Gasteiger partial charge < -0.3 is 15.3 Å². The molecule has 5 nitrogen and oxygen atoms in total. The summed E-state index contributed by atoms with van der Waals surface area (Å²) in [4.78, 5) is 24.3. The maximum absolute atomic E-state index is 11.9. The van der Waals surface area contributed by atoms with Crippen molar-refractivity contribution in [3.05, 3.63) is 0 Å². The van der Waals surface area contributed by atoms with Gasteiger partial charge in [0, 0.05) is 25.9 Å². The molecule has 0 spiro atoms. The van der Waals surface area contributed by atoms with Crippen LogP contribution in [0.2, 0.25) is 0 Å². The van der Waals surface area contributed by atoms with Crippen molar-refractivity contribution >= 4 is 11.8 Å². The average molecular weight is 228 g/mol. The normalized spacial score (nSPS) is 26.6. The predicted octanol–water partition coefficient (Wildman–Crippen LogP) is -0.260. The van der Waals surface area contributed by atoms with Gasteiger partial charge in [0.2, 0.25) is 11.8 Å². The van der Waals surface area contributed by atoms with Crippen LogP contribution in [0.3, 0.4) is 0 Å². The summed E-state index contributed by atoms with van der Waals surface area (Å²) in [5, 5.41) is 12.2. The van der Waals surface area contributed by atoms with Crippen LogP contribution < -0.4 is 5.32 Å². The Morgan fingerprint density at radius 3 is 2.56 bits per heavy atom. The highest BCUT2D eigenvalue weighted by molar-refractivity contribution is 5.86. The molecule has 1 saturated heterocycles. The van der Waals surface area contributed by atoms with E-state index in [1.165, 1.54) is 6.92 Å². The number of carbonyl (C=O) groups is 2. The number of rotatable bonds is 3. The molecule has 1 aliphatic heterocycles. The summed E-state index contributed by atoms with van der Waals surface area (Å²) in [5.74, 6) is -0.175. The summed E-state index contributed by atoms with van der Waals surface area (Å²) in [6, 6.07) is -0.514. The van der Waals surface area contributed by atoms with Gasteiger partial charge in [-0.05, 0) is 13.3 Å². The maximum atomic E-state index is 11.9. The largest absolute Gasteiger partial charge is 0.391 e. The number of β-amino-alcohol motifs (C(OH)–C–C–N with tert-alkyl or cyclic N) is 1. The first kappa shape index (κ1) is 13.0. The van der Waals surface area contributed by atoms with E-state index in [1.54, 1.807) is 11.8 Å². The molecule has 0 aromatic heterocycles. The van der Waals surface area contributed by atoms with E-state index >= 15 is 0 Å². The number of aliphatic hydroxyl groups is 1. The fourth-order valence-electron chi connectivity index (χ4n) is 2.08. The predicted molar refractivity (Wildman–Crippen MR) is 59.6 cm³/mol. The van der Waals surface area contributed by atoms with Gasteiger partial charge in [-0.2, -0.15) is 0 Å². The Morgan fingerprint density at radius 2 is 2.12 bits per heavy atom. The standard InChI is InChI=1S/C11H20N2O3/c1-4-9-5-13(6-10(9)15)11(16)7(2)12-8(3)14/h7,9-10,15H,4-6H2,1-3H3,(H,12,14). The Balaban J connectivity index is 2.53. The summed E-state index contributed by atoms with van der Waals surface area (Å²) in [6.45, 7) is 6.01. The zero-order valence-corrected chi connectivity index (χ0v) is 10.1. The third-order valence-corrected chi connectivity index (χ3v) is 3.03. The number of nitrogens with one attached hydrogen (secondary N) is 1. The van der Waals surface area contributed by atoms with E-state index in [0.717, 1.165) is 6.42 Å². The van der Waals surface area contributed by atoms with Gasteiger partial charge in [-0.1, -0.05) is 6.92 Å². The number of hydrogen-bond acceptors (Lipinski definition) is 3. The molecule has 0 aromatic rings. The van der Waals surface area contributed by atoms with E-state index in [-0.39, 0.29) is 17.7 Å². The van der Waals surface area contributed by atoms with Crippen molar-refractivity contribution in [2.75, 3.05) is 13.1 Å². The van der Waals surface area contributed by atoms with Crippen LogP contribution in [0.1, 0.15) is 27.2 Å². The number of aliphatic hydroxyl groups excluding tert-OH is 1. The first-order chi connectivity index (χ1) is 7.45. The molecule has 5 heteroatoms. The minimum absolute atomic E-state index is 0.120. The first-order valence-corrected chi connectivity index (χ1v) is 5.69. The lowest BCUT2D eigenvalue weighted by Gasteiger charge is -2.20. The fraction of sp³-hybridized carbons (Fsp3) is 0.818. The van der Waals surface area contributed by atoms with Crippen LogP contribution in [0.15, 0.2) is 0 Å². The average Bonchev–Trinajstić information content (AvgIpc) is 2.57. The van der Waals surface area contributed by atoms with E-state index < -0.39 is 12.1 Å². The third-order valence-electron chi connectivity index (χ3n) is 3.03. The molecule has 1 rings (SSSR count). The molecule has 16 heavy (non-hydrogen) atoms. The zero-order valence-electron chi connectivity index (χ0n) is 10.1. The fourth-order valence-corrected chi connectivity index (χ4v) is 2.08. The van der Waals surface area contributed by atoms with Crippen molar-refractivity contribution in [2.24, 2.45) is 5.92 Å². The van der Waals surface area contributed by atoms with Crippen LogP contribution in [0, 0.1) is 5.92 Å². The smallest absolute Gasteiger partial charge is 0.244 e. The molecule has 0 saturated carbocycles. The Morgan fingerprint density at radius 1 is 1.50 bits per heavy atom. The summed E-state index contributed by atoms with van der Waals surface area (Å²) in [7, 11) is 0. The second-order valence-electron chi connectivity index (χ2n) is 4.40. The topological polar surface area (TPSA) is 69.6 Å². The van der Waals surface area contributed by atoms with Crippen molar-refractivity contribution in [1.82, 2.24) is 10.2 Å². The summed E-state index contributed by atoms with van der Waals surface area (Å²) in [6.07, 6.45) is 0.429. The monoisotopic (exact) mass is 228 g/mol. The summed E-state index contributed by atoms with van der Waals surface area (Å²) < 4.78 is 0. The second kappa shape index (κ2) is 5.30. The van der Waals surface area contributed by atoms with Crippen LogP contribution in [-0.2, 0) is 9.59 Å². The van der Waals surface area contributed by atoms with Crippen molar-refractivity contribution in [3.8, 4) is 0 Å². The van der Waals surface area contributed by atoms with E-state index in [4.69, 9.17) is 0 Å². The van der Waals surface area contributed by atoms with Gasteiger partial charge in [0.25, 0.3) is 0 Å². The van der Waals surface area contributed by atoms with Crippen molar-refractivity contribution < 1.29 is 14.7 Å². The van der Waals surface area contributed by atoms with Crippen LogP contribution in [0.4, 0.5) is 0 Å². The molecule has 2 N–H and O–H groups in total. The summed E-state index contributed by atoms with van der Waals surface area (Å²) in [5.41, 5.74) is 0. The molecule has 0 radical (unpaired) electrons. The van der Waals surface area contributed by atoms with Crippen LogP contribution in [0.5, 0.6) is 0 Å². The van der Waals surface area contributed by atoms with Gasteiger partial charge in [-0.25, -0.2) is 0 Å². The Labute approximate surface area is 95.8 Å². The zero-order chi connectivity index (χ0) is 12.3. The minimum atomic E-state index is -0.514. The van der Waals surface area contributed by atoms with E-state index in [2.05, 4.69) is 5.32 Å². The highest BCUT2D eigenvalue weighted by atomic mass is 16.3. The van der Waals surface area contributed by atoms with E-state index in [9.17, 15) is 14.7 Å². The van der Waals surface area contributed by atoms with E-state index in [1.807, 2.05) is 6.92 Å². The number of carbonyl (C=O) groups excluding carboxylic acids is 2. The quantitative estimate of drug-likeness (QED) is 0.699. The highest BCUT2D eigenvalue weighted by Crippen LogP contribution is 2.20. The third kappa shape index (κ3) is 2.95. The van der Waals surface area contributed by atoms with Gasteiger partial charge in [0.1, 0.15) is 6.04 Å². The molecule has 1 fully saturated rings. The van der Waals surface area contributed by atoms with Crippen molar-refractivity contribution in [3.63, 3.8) is 0 Å². The molecule has 2 amide bonds. The van der Waals surface area contributed by atoms with Gasteiger partial charge >= 0.3 is 0 Å². The van der Waals surface area contributed by atoms with Gasteiger partial charge in [0.05, 0.1) is 6.10 Å². The van der Waals surface area contributed by atoms with E-state index in [0.29, 0.717) is 13.1 Å². The first-order valence-electron chi connectivity index (χ1n) is 5.69. The molecule has 0 bridgehead atoms. The van der Waals surface area contributed by atoms with Crippen molar-refractivity contribution in [1.29, 1.82) is 0 Å². The number of hydrogen-bond donors (Lipinski definition) is 2. The molecule has 1 heterocycles. The lowest BCUT2D eigenvalue weighted by atomic mass is 10.0. The van der Waals surface area contributed by atoms with Gasteiger partial charge in [-0.3, -0.25) is 9.59 Å². The molecule has 1 aliphatic rings. The lowest BCUT2D eigenvalue weighted by Crippen LogP contribution is -2.45. The number of likely N-dealkylation sites (tertiary alicyclic amines) is 1. The number of amides is 2. The molecule has 3 unspecified atom stereocenters. The maximum Gasteiger partial charge on any atom is 0.244 e. The summed E-state index contributed by atoms with van der Waals surface area (Å²) >= 11 is 0. The highest BCUT2D eigenvalue weighted by Gasteiger charge is 2.34.